The van der Waals surface area contributed by atoms with Crippen molar-refractivity contribution in [2.24, 2.45) is 23.5 Å². The molecule has 8 N–H and O–H groups in total. The Hall–Kier alpha value is -3.57. The van der Waals surface area contributed by atoms with Crippen molar-refractivity contribution in [1.82, 2.24) is 14.7 Å². The molecule has 73 heavy (non-hydrogen) atoms. The number of amides is 3. The zero-order valence-electron chi connectivity index (χ0n) is 45.6. The van der Waals surface area contributed by atoms with E-state index in [0.29, 0.717) is 18.5 Å². The molecular formula is C54H89N5O14. The molecule has 3 fully saturated rings. The number of methoxy groups -OCH3 is 1. The molecular weight excluding hydrogens is 943 g/mol. The van der Waals surface area contributed by atoms with Crippen molar-refractivity contribution in [2.75, 3.05) is 52.7 Å². The lowest BCUT2D eigenvalue weighted by Gasteiger charge is -2.48. The number of nitrogens with two attached hydrogens (primary N) is 1. The van der Waals surface area contributed by atoms with Gasteiger partial charge in [0.15, 0.2) is 12.6 Å². The fourth-order valence-corrected chi connectivity index (χ4v) is 11.4. The molecule has 0 aromatic heterocycles. The fourth-order valence-electron chi connectivity index (χ4n) is 11.4. The first-order valence-corrected chi connectivity index (χ1v) is 26.2. The summed E-state index contributed by atoms with van der Waals surface area (Å²) in [6.07, 6.45) is -9.22. The zero-order chi connectivity index (χ0) is 54.3. The number of ether oxygens (including phenoxy) is 6. The molecule has 2 aromatic carbocycles. The summed E-state index contributed by atoms with van der Waals surface area (Å²) in [6, 6.07) is 11.8. The number of primary amides is 1. The number of carbonyl (C=O) groups excluding carboxylic acids is 3. The molecule has 3 amide bonds. The highest BCUT2D eigenvalue weighted by atomic mass is 16.7. The highest BCUT2D eigenvalue weighted by molar-refractivity contribution is 5.93. The van der Waals surface area contributed by atoms with E-state index in [-0.39, 0.29) is 69.9 Å². The fraction of sp³-hybridized carbons (Fsp3) is 0.759. The van der Waals surface area contributed by atoms with Gasteiger partial charge in [0.25, 0.3) is 0 Å². The van der Waals surface area contributed by atoms with Crippen LogP contribution in [0.1, 0.15) is 108 Å². The van der Waals surface area contributed by atoms with Gasteiger partial charge in [-0.15, -0.1) is 0 Å². The number of rotatable bonds is 15. The Morgan fingerprint density at radius 2 is 1.59 bits per heavy atom. The molecule has 0 spiro atoms. The third kappa shape index (κ3) is 14.9. The van der Waals surface area contributed by atoms with Gasteiger partial charge in [-0.3, -0.25) is 14.5 Å². The first kappa shape index (κ1) is 60.3. The highest BCUT2D eigenvalue weighted by Gasteiger charge is 2.53. The van der Waals surface area contributed by atoms with Gasteiger partial charge in [-0.25, -0.2) is 4.79 Å². The standard InChI is InChI=1S/C54H89N5O14/c1-14-41-54(10,67)46(62)35(6)59(24-17-23-58(25-22-42(55)60)51(65)56-39-21-20-37-18-15-16-19-38(37)27-39)30-31(2)28-52(8,66)48(73-50-44(61)40(57(11)12)26-32(3)69-50)33(4)45(34(5)49(64)71-41)72-43-29-53(9,68-13)47(63)36(7)70-43/h15-16,18-21,27,31-36,40-41,43-48,50,61-63,66-67H,14,17,22-26,28-30H2,1-13H3,(H2,55,60)(H,56,65)/t31-,32-,33+,34-,35-,36+,40+,41-,43+,44-,45+,46-,47+,48-,50+,52-,53-,54-/m1/s1. The number of benzene rings is 2. The van der Waals surface area contributed by atoms with Gasteiger partial charge in [0.2, 0.25) is 5.91 Å². The molecule has 414 valence electrons. The number of carbonyl (C=O) groups is 3. The third-order valence-electron chi connectivity index (χ3n) is 15.8. The van der Waals surface area contributed by atoms with E-state index in [4.69, 9.17) is 34.2 Å². The Bertz CT molecular complexity index is 2110. The van der Waals surface area contributed by atoms with Crippen LogP contribution in [0, 0.1) is 17.8 Å². The molecule has 0 saturated carbocycles. The molecule has 3 heterocycles. The lowest BCUT2D eigenvalue weighted by atomic mass is 9.77. The lowest BCUT2D eigenvalue weighted by molar-refractivity contribution is -0.318. The van der Waals surface area contributed by atoms with Crippen LogP contribution in [0.4, 0.5) is 10.5 Å². The summed E-state index contributed by atoms with van der Waals surface area (Å²) in [6.45, 7) is 18.1. The van der Waals surface area contributed by atoms with E-state index in [9.17, 15) is 39.9 Å². The molecule has 2 aromatic rings. The molecule has 19 heteroatoms. The minimum absolute atomic E-state index is 0.0557. The molecule has 0 aliphatic carbocycles. The number of aliphatic hydroxyl groups excluding tert-OH is 3. The van der Waals surface area contributed by atoms with E-state index in [1.165, 1.54) is 18.9 Å². The lowest BCUT2D eigenvalue weighted by Crippen LogP contribution is -2.60. The van der Waals surface area contributed by atoms with Crippen LogP contribution in [0.25, 0.3) is 10.8 Å². The van der Waals surface area contributed by atoms with Crippen LogP contribution in [-0.2, 0) is 38.0 Å². The zero-order valence-corrected chi connectivity index (χ0v) is 45.6. The van der Waals surface area contributed by atoms with Crippen molar-refractivity contribution in [2.45, 2.75) is 198 Å². The van der Waals surface area contributed by atoms with Crippen LogP contribution in [0.2, 0.25) is 0 Å². The van der Waals surface area contributed by atoms with Crippen molar-refractivity contribution in [1.29, 1.82) is 0 Å². The Labute approximate surface area is 432 Å². The van der Waals surface area contributed by atoms with E-state index in [2.05, 4.69) is 5.32 Å². The predicted octanol–water partition coefficient (Wildman–Crippen LogP) is 4.22. The summed E-state index contributed by atoms with van der Waals surface area (Å²) < 4.78 is 38.2. The molecule has 0 radical (unpaired) electrons. The minimum Gasteiger partial charge on any atom is -0.459 e. The van der Waals surface area contributed by atoms with Crippen molar-refractivity contribution >= 4 is 34.4 Å². The maximum Gasteiger partial charge on any atom is 0.321 e. The third-order valence-corrected chi connectivity index (χ3v) is 15.8. The summed E-state index contributed by atoms with van der Waals surface area (Å²) >= 11 is 0. The Morgan fingerprint density at radius 3 is 2.22 bits per heavy atom. The topological polar surface area (TPSA) is 256 Å². The minimum atomic E-state index is -1.98. The van der Waals surface area contributed by atoms with Crippen molar-refractivity contribution < 1.29 is 68.3 Å². The molecule has 19 nitrogen and oxygen atoms in total. The van der Waals surface area contributed by atoms with Crippen LogP contribution >= 0.6 is 0 Å². The number of urea groups is 1. The Balaban J connectivity index is 1.51. The molecule has 3 saturated heterocycles. The van der Waals surface area contributed by atoms with E-state index in [0.717, 1.165) is 10.8 Å². The summed E-state index contributed by atoms with van der Waals surface area (Å²) in [4.78, 5) is 45.9. The largest absolute Gasteiger partial charge is 0.459 e. The van der Waals surface area contributed by atoms with Gasteiger partial charge in [-0.2, -0.15) is 0 Å². The van der Waals surface area contributed by atoms with E-state index in [1.807, 2.05) is 80.2 Å². The second kappa shape index (κ2) is 25.5. The van der Waals surface area contributed by atoms with E-state index >= 15 is 0 Å². The van der Waals surface area contributed by atoms with Crippen LogP contribution in [0.5, 0.6) is 0 Å². The van der Waals surface area contributed by atoms with E-state index < -0.39 is 108 Å². The number of hydrogen-bond donors (Lipinski definition) is 7. The predicted molar refractivity (Wildman–Crippen MR) is 276 cm³/mol. The van der Waals surface area contributed by atoms with Gasteiger partial charge in [0, 0.05) is 69.8 Å². The molecule has 0 bridgehead atoms. The van der Waals surface area contributed by atoms with Crippen molar-refractivity contribution in [3.63, 3.8) is 0 Å². The van der Waals surface area contributed by atoms with Crippen molar-refractivity contribution in [3.8, 4) is 0 Å². The normalized spacial score (nSPS) is 38.6. The number of aliphatic hydroxyl groups is 5. The number of likely N-dealkylation sites (N-methyl/N-ethyl adjacent to an activating group) is 1. The van der Waals surface area contributed by atoms with Gasteiger partial charge in [-0.1, -0.05) is 51.1 Å². The first-order chi connectivity index (χ1) is 34.1. The monoisotopic (exact) mass is 1030 g/mol. The quantitative estimate of drug-likeness (QED) is 0.123. The first-order valence-electron chi connectivity index (χ1n) is 26.2. The SMILES string of the molecule is CC[C@H]1OC(=O)[C@H](C)[C@@H](O[C@H]2C[C@@](C)(OC)[C@@H](O)[C@H](C)O2)[C@H](C)[C@@H](O[C@@H]2O[C@H](C)C[C@H](N(C)C)[C@H]2O)[C@](C)(O)C[C@@H](C)CN(CCCN(CCC(N)=O)C(=O)Nc2ccc3ccccc3c2)[C@H](C)[C@@H](O)[C@]1(C)O. The van der Waals surface area contributed by atoms with Crippen LogP contribution in [0.3, 0.4) is 0 Å². The Morgan fingerprint density at radius 1 is 0.918 bits per heavy atom. The summed E-state index contributed by atoms with van der Waals surface area (Å²) in [5.74, 6) is -3.61. The molecule has 0 unspecified atom stereocenters. The number of fused-ring (bicyclic) bond motifs is 1. The van der Waals surface area contributed by atoms with Gasteiger partial charge in [0.05, 0.1) is 41.5 Å². The average molecular weight is 1030 g/mol. The second-order valence-electron chi connectivity index (χ2n) is 22.3. The van der Waals surface area contributed by atoms with Gasteiger partial charge in [0.1, 0.15) is 30.0 Å². The smallest absolute Gasteiger partial charge is 0.321 e. The summed E-state index contributed by atoms with van der Waals surface area (Å²) in [5.41, 5.74) is 1.36. The maximum atomic E-state index is 14.7. The van der Waals surface area contributed by atoms with Crippen molar-refractivity contribution in [3.05, 3.63) is 42.5 Å². The van der Waals surface area contributed by atoms with Gasteiger partial charge in [-0.05, 0) is 117 Å². The summed E-state index contributed by atoms with van der Waals surface area (Å²) in [7, 11) is 5.22. The Kier molecular flexibility index (Phi) is 21.1. The summed E-state index contributed by atoms with van der Waals surface area (Å²) in [5, 5.41) is 65.4. The maximum absolute atomic E-state index is 14.7. The number of hydrogen-bond acceptors (Lipinski definition) is 16. The van der Waals surface area contributed by atoms with Gasteiger partial charge >= 0.3 is 12.0 Å². The second-order valence-corrected chi connectivity index (χ2v) is 22.3. The van der Waals surface area contributed by atoms with Crippen LogP contribution < -0.4 is 11.1 Å². The molecule has 3 aliphatic rings. The van der Waals surface area contributed by atoms with Gasteiger partial charge < -0.3 is 74.8 Å². The molecule has 5 rings (SSSR count). The number of cyclic esters (lactones) is 1. The molecule has 18 atom stereocenters. The number of esters is 1. The van der Waals surface area contributed by atoms with Crippen LogP contribution in [0.15, 0.2) is 42.5 Å². The average Bonchev–Trinajstić information content (AvgIpc) is 3.32. The van der Waals surface area contributed by atoms with Crippen LogP contribution in [-0.4, -0.2) is 196 Å². The van der Waals surface area contributed by atoms with E-state index in [1.54, 1.807) is 48.5 Å². The molecule has 3 aliphatic heterocycles. The number of anilines is 1. The number of nitrogens with zero attached hydrogens (tertiary/aromatic N) is 3. The highest BCUT2D eigenvalue weighted by Crippen LogP contribution is 2.40. The number of nitrogens with one attached hydrogen (secondary N) is 1.